The van der Waals surface area contributed by atoms with Gasteiger partial charge >= 0.3 is 0 Å². The molecular formula is C14H23N3O2S. The first kappa shape index (κ1) is 14.1. The zero-order chi connectivity index (χ0) is 14.2. The van der Waals surface area contributed by atoms with E-state index in [1.165, 1.54) is 31.9 Å². The van der Waals surface area contributed by atoms with Gasteiger partial charge in [0.1, 0.15) is 5.82 Å². The first-order chi connectivity index (χ1) is 9.63. The minimum Gasteiger partial charge on any atom is -0.332 e. The predicted octanol–water partition coefficient (Wildman–Crippen LogP) is 2.32. The van der Waals surface area contributed by atoms with Crippen molar-refractivity contribution in [2.75, 3.05) is 6.54 Å². The average molecular weight is 297 g/mol. The van der Waals surface area contributed by atoms with Gasteiger partial charge in [0, 0.05) is 19.0 Å². The van der Waals surface area contributed by atoms with Gasteiger partial charge in [-0.1, -0.05) is 19.8 Å². The number of H-pyrrole nitrogens is 1. The minimum absolute atomic E-state index is 0.205. The summed E-state index contributed by atoms with van der Waals surface area (Å²) >= 11 is 0. The fraction of sp³-hybridized carbons (Fsp3) is 0.786. The van der Waals surface area contributed by atoms with Crippen molar-refractivity contribution in [3.05, 3.63) is 12.0 Å². The van der Waals surface area contributed by atoms with Gasteiger partial charge in [0.2, 0.25) is 0 Å². The van der Waals surface area contributed by atoms with Gasteiger partial charge in [0.05, 0.1) is 6.20 Å². The van der Waals surface area contributed by atoms with E-state index in [4.69, 9.17) is 0 Å². The van der Waals surface area contributed by atoms with Crippen LogP contribution in [-0.4, -0.2) is 35.3 Å². The smallest absolute Gasteiger partial charge is 0.260 e. The lowest BCUT2D eigenvalue weighted by molar-refractivity contribution is 0.287. The number of aryl methyl sites for hydroxylation is 1. The normalized spacial score (nSPS) is 25.6. The van der Waals surface area contributed by atoms with E-state index in [2.05, 4.69) is 9.97 Å². The van der Waals surface area contributed by atoms with Crippen molar-refractivity contribution < 1.29 is 8.42 Å². The fourth-order valence-corrected chi connectivity index (χ4v) is 5.35. The Morgan fingerprint density at radius 1 is 1.30 bits per heavy atom. The van der Waals surface area contributed by atoms with E-state index in [0.29, 0.717) is 12.5 Å². The van der Waals surface area contributed by atoms with Crippen molar-refractivity contribution >= 4 is 10.0 Å². The molecule has 0 bridgehead atoms. The summed E-state index contributed by atoms with van der Waals surface area (Å²) in [6, 6.07) is 0.205. The van der Waals surface area contributed by atoms with Gasteiger partial charge in [-0.2, -0.15) is 4.31 Å². The Hall–Kier alpha value is -0.880. The Kier molecular flexibility index (Phi) is 3.86. The number of sulfonamides is 1. The van der Waals surface area contributed by atoms with Crippen LogP contribution in [0.25, 0.3) is 0 Å². The summed E-state index contributed by atoms with van der Waals surface area (Å²) in [5.74, 6) is 1.29. The fourth-order valence-electron chi connectivity index (χ4n) is 3.66. The summed E-state index contributed by atoms with van der Waals surface area (Å²) in [6.07, 6.45) is 9.05. The third-order valence-corrected chi connectivity index (χ3v) is 6.55. The molecule has 1 saturated heterocycles. The first-order valence-corrected chi connectivity index (χ1v) is 9.12. The van der Waals surface area contributed by atoms with E-state index in [1.54, 1.807) is 4.31 Å². The van der Waals surface area contributed by atoms with Crippen LogP contribution in [0.3, 0.4) is 0 Å². The highest BCUT2D eigenvalue weighted by Crippen LogP contribution is 2.37. The standard InChI is InChI=1S/C14H23N3O2S/c1-2-13-15-10-14(16-13)20(18,19)17-9-5-8-12(17)11-6-3-4-7-11/h10-12H,2-9H2,1H3,(H,15,16). The lowest BCUT2D eigenvalue weighted by Crippen LogP contribution is -2.39. The van der Waals surface area contributed by atoms with E-state index >= 15 is 0 Å². The summed E-state index contributed by atoms with van der Waals surface area (Å²) in [7, 11) is -3.40. The zero-order valence-electron chi connectivity index (χ0n) is 12.0. The second kappa shape index (κ2) is 5.48. The third-order valence-electron chi connectivity index (χ3n) is 4.72. The molecule has 112 valence electrons. The largest absolute Gasteiger partial charge is 0.332 e. The topological polar surface area (TPSA) is 66.1 Å². The van der Waals surface area contributed by atoms with Crippen LogP contribution < -0.4 is 0 Å². The summed E-state index contributed by atoms with van der Waals surface area (Å²) in [4.78, 5) is 7.08. The number of aromatic amines is 1. The highest BCUT2D eigenvalue weighted by Gasteiger charge is 2.40. The molecule has 1 aromatic heterocycles. The van der Waals surface area contributed by atoms with Gasteiger partial charge in [0.25, 0.3) is 10.0 Å². The zero-order valence-corrected chi connectivity index (χ0v) is 12.8. The average Bonchev–Trinajstić information content (AvgIpc) is 3.17. The number of nitrogens with zero attached hydrogens (tertiary/aromatic N) is 2. The lowest BCUT2D eigenvalue weighted by atomic mass is 9.97. The Morgan fingerprint density at radius 3 is 2.70 bits per heavy atom. The maximum absolute atomic E-state index is 12.8. The van der Waals surface area contributed by atoms with Crippen LogP contribution in [0.4, 0.5) is 0 Å². The number of rotatable bonds is 4. The molecule has 2 aliphatic rings. The van der Waals surface area contributed by atoms with Crippen molar-refractivity contribution in [3.8, 4) is 0 Å². The molecule has 2 heterocycles. The van der Waals surface area contributed by atoms with Crippen LogP contribution in [0.1, 0.15) is 51.3 Å². The van der Waals surface area contributed by atoms with Crippen molar-refractivity contribution in [1.82, 2.24) is 14.3 Å². The maximum atomic E-state index is 12.8. The van der Waals surface area contributed by atoms with Gasteiger partial charge in [-0.15, -0.1) is 0 Å². The van der Waals surface area contributed by atoms with Crippen LogP contribution in [0, 0.1) is 5.92 Å². The minimum atomic E-state index is -3.40. The molecule has 1 N–H and O–H groups in total. The third kappa shape index (κ3) is 2.39. The molecule has 0 aromatic carbocycles. The lowest BCUT2D eigenvalue weighted by Gasteiger charge is -2.28. The SMILES string of the molecule is CCc1ncc(S(=O)(=O)N2CCCC2C2CCCC2)[nH]1. The summed E-state index contributed by atoms with van der Waals surface area (Å²) in [5, 5.41) is 0.263. The number of nitrogens with one attached hydrogen (secondary N) is 1. The number of hydrogen-bond donors (Lipinski definition) is 1. The van der Waals surface area contributed by atoms with Crippen LogP contribution in [0.5, 0.6) is 0 Å². The van der Waals surface area contributed by atoms with Crippen LogP contribution >= 0.6 is 0 Å². The van der Waals surface area contributed by atoms with Gasteiger partial charge in [-0.25, -0.2) is 13.4 Å². The molecule has 1 aromatic rings. The number of imidazole rings is 1. The Bertz CT molecular complexity index is 561. The predicted molar refractivity (Wildman–Crippen MR) is 76.8 cm³/mol. The molecule has 0 amide bonds. The van der Waals surface area contributed by atoms with Crippen LogP contribution in [-0.2, 0) is 16.4 Å². The van der Waals surface area contributed by atoms with Gasteiger partial charge in [-0.05, 0) is 31.6 Å². The van der Waals surface area contributed by atoms with Crippen LogP contribution in [0.15, 0.2) is 11.2 Å². The van der Waals surface area contributed by atoms with Crippen molar-refractivity contribution in [3.63, 3.8) is 0 Å². The molecule has 0 radical (unpaired) electrons. The summed E-state index contributed by atoms with van der Waals surface area (Å²) in [6.45, 7) is 2.62. The van der Waals surface area contributed by atoms with E-state index in [0.717, 1.165) is 25.1 Å². The molecule has 1 saturated carbocycles. The molecular weight excluding hydrogens is 274 g/mol. The Balaban J connectivity index is 1.85. The second-order valence-electron chi connectivity index (χ2n) is 5.92. The molecule has 1 unspecified atom stereocenters. The van der Waals surface area contributed by atoms with Crippen LogP contribution in [0.2, 0.25) is 0 Å². The van der Waals surface area contributed by atoms with E-state index < -0.39 is 10.0 Å². The maximum Gasteiger partial charge on any atom is 0.260 e. The second-order valence-corrected chi connectivity index (χ2v) is 7.78. The Labute approximate surface area is 120 Å². The number of hydrogen-bond acceptors (Lipinski definition) is 3. The van der Waals surface area contributed by atoms with Crippen molar-refractivity contribution in [2.45, 2.75) is 62.9 Å². The molecule has 1 atom stereocenters. The highest BCUT2D eigenvalue weighted by atomic mass is 32.2. The van der Waals surface area contributed by atoms with Gasteiger partial charge < -0.3 is 4.98 Å². The van der Waals surface area contributed by atoms with Crippen molar-refractivity contribution in [1.29, 1.82) is 0 Å². The quantitative estimate of drug-likeness (QED) is 0.927. The molecule has 2 fully saturated rings. The van der Waals surface area contributed by atoms with E-state index in [-0.39, 0.29) is 11.1 Å². The van der Waals surface area contributed by atoms with Gasteiger partial charge in [-0.3, -0.25) is 0 Å². The highest BCUT2D eigenvalue weighted by molar-refractivity contribution is 7.89. The summed E-state index contributed by atoms with van der Waals surface area (Å²) < 4.78 is 27.3. The van der Waals surface area contributed by atoms with Crippen molar-refractivity contribution in [2.24, 2.45) is 5.92 Å². The number of aromatic nitrogens is 2. The molecule has 0 spiro atoms. The summed E-state index contributed by atoms with van der Waals surface area (Å²) in [5.41, 5.74) is 0. The molecule has 1 aliphatic heterocycles. The Morgan fingerprint density at radius 2 is 2.05 bits per heavy atom. The molecule has 20 heavy (non-hydrogen) atoms. The molecule has 3 rings (SSSR count). The van der Waals surface area contributed by atoms with E-state index in [1.807, 2.05) is 6.92 Å². The monoisotopic (exact) mass is 297 g/mol. The van der Waals surface area contributed by atoms with Gasteiger partial charge in [0.15, 0.2) is 5.03 Å². The molecule has 5 nitrogen and oxygen atoms in total. The molecule has 1 aliphatic carbocycles. The first-order valence-electron chi connectivity index (χ1n) is 7.68. The van der Waals surface area contributed by atoms with E-state index in [9.17, 15) is 8.42 Å². The molecule has 6 heteroatoms.